The minimum absolute atomic E-state index is 0.0352. The van der Waals surface area contributed by atoms with Gasteiger partial charge < -0.3 is 10.4 Å². The topological polar surface area (TPSA) is 49.3 Å². The van der Waals surface area contributed by atoms with Crippen molar-refractivity contribution in [1.82, 2.24) is 0 Å². The summed E-state index contributed by atoms with van der Waals surface area (Å²) in [5.41, 5.74) is 3.35. The number of carbonyl (C=O) groups is 1. The first kappa shape index (κ1) is 15.4. The number of phenolic OH excluding ortho intramolecular Hbond substituents is 1. The molecule has 0 aliphatic heterocycles. The van der Waals surface area contributed by atoms with Gasteiger partial charge in [-0.2, -0.15) is 0 Å². The van der Waals surface area contributed by atoms with Gasteiger partial charge in [-0.3, -0.25) is 4.79 Å². The van der Waals surface area contributed by atoms with Gasteiger partial charge in [-0.25, -0.2) is 0 Å². The summed E-state index contributed by atoms with van der Waals surface area (Å²) in [6.07, 6.45) is 0. The number of phenols is 1. The Balaban J connectivity index is 2.33. The molecule has 0 atom stereocenters. The molecule has 3 nitrogen and oxygen atoms in total. The van der Waals surface area contributed by atoms with E-state index in [0.29, 0.717) is 11.5 Å². The van der Waals surface area contributed by atoms with Crippen LogP contribution in [0.5, 0.6) is 5.75 Å². The minimum Gasteiger partial charge on any atom is -0.506 e. The molecule has 0 bridgehead atoms. The third-order valence-electron chi connectivity index (χ3n) is 3.38. The van der Waals surface area contributed by atoms with Gasteiger partial charge in [0.25, 0.3) is 5.91 Å². The first-order valence-corrected chi connectivity index (χ1v) is 7.17. The van der Waals surface area contributed by atoms with Crippen LogP contribution in [0, 0.1) is 6.92 Å². The largest absolute Gasteiger partial charge is 0.506 e. The number of carbonyl (C=O) groups excluding carboxylic acids is 1. The van der Waals surface area contributed by atoms with E-state index < -0.39 is 0 Å². The van der Waals surface area contributed by atoms with Gasteiger partial charge in [-0.05, 0) is 42.2 Å². The highest BCUT2D eigenvalue weighted by atomic mass is 35.5. The van der Waals surface area contributed by atoms with Crippen LogP contribution < -0.4 is 5.32 Å². The van der Waals surface area contributed by atoms with E-state index in [2.05, 4.69) is 19.2 Å². The molecule has 2 N–H and O–H groups in total. The number of halogens is 1. The molecular formula is C17H18ClNO2. The normalized spacial score (nSPS) is 10.7. The summed E-state index contributed by atoms with van der Waals surface area (Å²) in [7, 11) is 0. The predicted molar refractivity (Wildman–Crippen MR) is 86.3 cm³/mol. The molecule has 0 aliphatic carbocycles. The molecular weight excluding hydrogens is 286 g/mol. The van der Waals surface area contributed by atoms with E-state index in [-0.39, 0.29) is 16.7 Å². The zero-order chi connectivity index (χ0) is 15.6. The average Bonchev–Trinajstić information content (AvgIpc) is 2.43. The van der Waals surface area contributed by atoms with Crippen molar-refractivity contribution in [3.05, 3.63) is 58.1 Å². The Kier molecular flexibility index (Phi) is 4.53. The Morgan fingerprint density at radius 2 is 1.95 bits per heavy atom. The quantitative estimate of drug-likeness (QED) is 0.861. The zero-order valence-corrected chi connectivity index (χ0v) is 13.0. The molecule has 0 unspecified atom stereocenters. The average molecular weight is 304 g/mol. The van der Waals surface area contributed by atoms with Crippen molar-refractivity contribution in [2.24, 2.45) is 0 Å². The fourth-order valence-electron chi connectivity index (χ4n) is 2.18. The molecule has 21 heavy (non-hydrogen) atoms. The lowest BCUT2D eigenvalue weighted by Crippen LogP contribution is -2.14. The van der Waals surface area contributed by atoms with Gasteiger partial charge in [0.2, 0.25) is 0 Å². The molecule has 0 saturated heterocycles. The van der Waals surface area contributed by atoms with E-state index in [1.807, 2.05) is 25.1 Å². The van der Waals surface area contributed by atoms with Gasteiger partial charge in [-0.1, -0.05) is 43.6 Å². The Hall–Kier alpha value is -2.00. The van der Waals surface area contributed by atoms with E-state index in [9.17, 15) is 9.90 Å². The van der Waals surface area contributed by atoms with Crippen molar-refractivity contribution >= 4 is 23.2 Å². The molecule has 1 amide bonds. The molecule has 0 fully saturated rings. The SMILES string of the molecule is Cc1cccc(C(C)C)c1NC(=O)c1ccc(O)c(Cl)c1. The van der Waals surface area contributed by atoms with Crippen LogP contribution in [0.25, 0.3) is 0 Å². The maximum atomic E-state index is 12.4. The van der Waals surface area contributed by atoms with Gasteiger partial charge in [-0.15, -0.1) is 0 Å². The Labute approximate surface area is 129 Å². The summed E-state index contributed by atoms with van der Waals surface area (Å²) in [6, 6.07) is 10.4. The lowest BCUT2D eigenvalue weighted by molar-refractivity contribution is 0.102. The van der Waals surface area contributed by atoms with Crippen molar-refractivity contribution in [3.8, 4) is 5.75 Å². The zero-order valence-electron chi connectivity index (χ0n) is 12.3. The number of amides is 1. The lowest BCUT2D eigenvalue weighted by atomic mass is 9.98. The molecule has 0 aromatic heterocycles. The summed E-state index contributed by atoms with van der Waals surface area (Å²) in [4.78, 5) is 12.4. The Morgan fingerprint density at radius 1 is 1.24 bits per heavy atom. The second kappa shape index (κ2) is 6.19. The molecule has 0 spiro atoms. The van der Waals surface area contributed by atoms with Crippen LogP contribution in [-0.2, 0) is 0 Å². The van der Waals surface area contributed by atoms with Crippen LogP contribution in [0.15, 0.2) is 36.4 Å². The van der Waals surface area contributed by atoms with Crippen LogP contribution in [0.3, 0.4) is 0 Å². The Bertz CT molecular complexity index is 680. The first-order valence-electron chi connectivity index (χ1n) is 6.79. The molecule has 4 heteroatoms. The van der Waals surface area contributed by atoms with Crippen LogP contribution >= 0.6 is 11.6 Å². The number of para-hydroxylation sites is 1. The minimum atomic E-state index is -0.242. The molecule has 0 heterocycles. The van der Waals surface area contributed by atoms with Crippen molar-refractivity contribution < 1.29 is 9.90 Å². The third-order valence-corrected chi connectivity index (χ3v) is 3.68. The summed E-state index contributed by atoms with van der Waals surface area (Å²) in [5, 5.41) is 12.5. The van der Waals surface area contributed by atoms with E-state index in [1.165, 1.54) is 12.1 Å². The van der Waals surface area contributed by atoms with Gasteiger partial charge in [0.05, 0.1) is 5.02 Å². The smallest absolute Gasteiger partial charge is 0.255 e. The summed E-state index contributed by atoms with van der Waals surface area (Å²) in [5.74, 6) is 0.0312. The van der Waals surface area contributed by atoms with E-state index >= 15 is 0 Å². The first-order chi connectivity index (χ1) is 9.90. The summed E-state index contributed by atoms with van der Waals surface area (Å²) < 4.78 is 0. The molecule has 2 aromatic carbocycles. The van der Waals surface area contributed by atoms with Crippen LogP contribution in [-0.4, -0.2) is 11.0 Å². The maximum Gasteiger partial charge on any atom is 0.255 e. The maximum absolute atomic E-state index is 12.4. The van der Waals surface area contributed by atoms with Crippen molar-refractivity contribution in [2.45, 2.75) is 26.7 Å². The number of anilines is 1. The number of rotatable bonds is 3. The van der Waals surface area contributed by atoms with Crippen molar-refractivity contribution in [3.63, 3.8) is 0 Å². The van der Waals surface area contributed by atoms with Gasteiger partial charge in [0.15, 0.2) is 0 Å². The highest BCUT2D eigenvalue weighted by Gasteiger charge is 2.14. The highest BCUT2D eigenvalue weighted by Crippen LogP contribution is 2.29. The van der Waals surface area contributed by atoms with E-state index in [0.717, 1.165) is 16.8 Å². The number of benzene rings is 2. The number of hydrogen-bond donors (Lipinski definition) is 2. The second-order valence-electron chi connectivity index (χ2n) is 5.31. The van der Waals surface area contributed by atoms with E-state index in [4.69, 9.17) is 11.6 Å². The number of hydrogen-bond acceptors (Lipinski definition) is 2. The van der Waals surface area contributed by atoms with Gasteiger partial charge in [0, 0.05) is 11.3 Å². The lowest BCUT2D eigenvalue weighted by Gasteiger charge is -2.16. The molecule has 2 aromatic rings. The monoisotopic (exact) mass is 303 g/mol. The molecule has 0 radical (unpaired) electrons. The highest BCUT2D eigenvalue weighted by molar-refractivity contribution is 6.32. The van der Waals surface area contributed by atoms with Crippen molar-refractivity contribution in [1.29, 1.82) is 0 Å². The summed E-state index contributed by atoms with van der Waals surface area (Å²) >= 11 is 5.84. The molecule has 0 saturated carbocycles. The number of aryl methyl sites for hydroxylation is 1. The molecule has 0 aliphatic rings. The fourth-order valence-corrected chi connectivity index (χ4v) is 2.36. The van der Waals surface area contributed by atoms with Crippen molar-refractivity contribution in [2.75, 3.05) is 5.32 Å². The summed E-state index contributed by atoms with van der Waals surface area (Å²) in [6.45, 7) is 6.13. The van der Waals surface area contributed by atoms with Crippen LogP contribution in [0.2, 0.25) is 5.02 Å². The standard InChI is InChI=1S/C17H18ClNO2/c1-10(2)13-6-4-5-11(3)16(13)19-17(21)12-7-8-15(20)14(18)9-12/h4-10,20H,1-3H3,(H,19,21). The third kappa shape index (κ3) is 3.37. The van der Waals surface area contributed by atoms with Crippen LogP contribution in [0.1, 0.15) is 41.3 Å². The fraction of sp³-hybridized carbons (Fsp3) is 0.235. The number of nitrogens with one attached hydrogen (secondary N) is 1. The predicted octanol–water partition coefficient (Wildman–Crippen LogP) is 4.73. The van der Waals surface area contributed by atoms with Crippen LogP contribution in [0.4, 0.5) is 5.69 Å². The molecule has 2 rings (SSSR count). The van der Waals surface area contributed by atoms with E-state index in [1.54, 1.807) is 6.07 Å². The molecule has 110 valence electrons. The van der Waals surface area contributed by atoms with Gasteiger partial charge >= 0.3 is 0 Å². The number of aromatic hydroxyl groups is 1. The van der Waals surface area contributed by atoms with Gasteiger partial charge in [0.1, 0.15) is 5.75 Å². The Morgan fingerprint density at radius 3 is 2.57 bits per heavy atom. The second-order valence-corrected chi connectivity index (χ2v) is 5.72.